The molecule has 0 saturated carbocycles. The SMILES string of the molecule is COc1ccc(CNC(=O)[C@@H]2CCCN(C(=O)c3cccc(C)c3)C2)c(OC)c1. The van der Waals surface area contributed by atoms with E-state index in [4.69, 9.17) is 9.47 Å². The van der Waals surface area contributed by atoms with Crippen LogP contribution in [0.4, 0.5) is 0 Å². The third-order valence-electron chi connectivity index (χ3n) is 5.29. The second kappa shape index (κ2) is 9.45. The average Bonchev–Trinajstić information content (AvgIpc) is 2.76. The van der Waals surface area contributed by atoms with Crippen LogP contribution in [0.5, 0.6) is 11.5 Å². The van der Waals surface area contributed by atoms with Crippen molar-refractivity contribution in [2.45, 2.75) is 26.3 Å². The fourth-order valence-corrected chi connectivity index (χ4v) is 3.66. The molecule has 2 aromatic rings. The summed E-state index contributed by atoms with van der Waals surface area (Å²) in [6.45, 7) is 3.46. The first kappa shape index (κ1) is 20.7. The number of aryl methyl sites for hydroxylation is 1. The van der Waals surface area contributed by atoms with Gasteiger partial charge in [0.2, 0.25) is 5.91 Å². The Balaban J connectivity index is 1.60. The van der Waals surface area contributed by atoms with Crippen molar-refractivity contribution in [1.82, 2.24) is 10.2 Å². The van der Waals surface area contributed by atoms with Crippen LogP contribution in [0.2, 0.25) is 0 Å². The van der Waals surface area contributed by atoms with Gasteiger partial charge in [-0.05, 0) is 44.0 Å². The van der Waals surface area contributed by atoms with Crippen LogP contribution in [0.25, 0.3) is 0 Å². The fraction of sp³-hybridized carbons (Fsp3) is 0.391. The van der Waals surface area contributed by atoms with Gasteiger partial charge < -0.3 is 19.7 Å². The molecule has 1 N–H and O–H groups in total. The van der Waals surface area contributed by atoms with E-state index in [1.54, 1.807) is 25.2 Å². The molecule has 1 atom stereocenters. The van der Waals surface area contributed by atoms with Crippen LogP contribution in [0.3, 0.4) is 0 Å². The number of methoxy groups -OCH3 is 2. The number of carbonyl (C=O) groups excluding carboxylic acids is 2. The summed E-state index contributed by atoms with van der Waals surface area (Å²) in [6.07, 6.45) is 1.60. The minimum Gasteiger partial charge on any atom is -0.497 e. The number of nitrogens with zero attached hydrogens (tertiary/aromatic N) is 1. The Morgan fingerprint density at radius 3 is 2.69 bits per heavy atom. The highest BCUT2D eigenvalue weighted by atomic mass is 16.5. The highest BCUT2D eigenvalue weighted by Gasteiger charge is 2.29. The number of hydrogen-bond donors (Lipinski definition) is 1. The Hall–Kier alpha value is -3.02. The smallest absolute Gasteiger partial charge is 0.253 e. The van der Waals surface area contributed by atoms with Gasteiger partial charge in [-0.25, -0.2) is 0 Å². The highest BCUT2D eigenvalue weighted by molar-refractivity contribution is 5.95. The molecule has 0 bridgehead atoms. The molecule has 0 spiro atoms. The molecular formula is C23H28N2O4. The molecule has 0 radical (unpaired) electrons. The van der Waals surface area contributed by atoms with Crippen molar-refractivity contribution in [3.05, 3.63) is 59.2 Å². The van der Waals surface area contributed by atoms with Crippen molar-refractivity contribution in [2.24, 2.45) is 5.92 Å². The molecule has 0 aliphatic carbocycles. The molecule has 1 fully saturated rings. The molecule has 6 heteroatoms. The van der Waals surface area contributed by atoms with E-state index < -0.39 is 0 Å². The van der Waals surface area contributed by atoms with Gasteiger partial charge in [0.15, 0.2) is 0 Å². The van der Waals surface area contributed by atoms with Gasteiger partial charge in [0.25, 0.3) is 5.91 Å². The Bertz CT molecular complexity index is 881. The third-order valence-corrected chi connectivity index (χ3v) is 5.29. The normalized spacial score (nSPS) is 16.2. The first-order valence-electron chi connectivity index (χ1n) is 9.86. The number of nitrogens with one attached hydrogen (secondary N) is 1. The summed E-state index contributed by atoms with van der Waals surface area (Å²) < 4.78 is 10.6. The fourth-order valence-electron chi connectivity index (χ4n) is 3.66. The maximum Gasteiger partial charge on any atom is 0.253 e. The molecule has 154 valence electrons. The van der Waals surface area contributed by atoms with Crippen molar-refractivity contribution in [1.29, 1.82) is 0 Å². The second-order valence-corrected chi connectivity index (χ2v) is 7.36. The number of rotatable bonds is 6. The number of hydrogen-bond acceptors (Lipinski definition) is 4. The molecule has 2 aromatic carbocycles. The molecule has 1 saturated heterocycles. The van der Waals surface area contributed by atoms with Gasteiger partial charge in [0.05, 0.1) is 20.1 Å². The van der Waals surface area contributed by atoms with E-state index >= 15 is 0 Å². The summed E-state index contributed by atoms with van der Waals surface area (Å²) in [4.78, 5) is 27.3. The molecule has 3 rings (SSSR count). The van der Waals surface area contributed by atoms with E-state index in [1.807, 2.05) is 43.3 Å². The first-order chi connectivity index (χ1) is 14.0. The summed E-state index contributed by atoms with van der Waals surface area (Å²) >= 11 is 0. The van der Waals surface area contributed by atoms with Crippen LogP contribution in [0, 0.1) is 12.8 Å². The van der Waals surface area contributed by atoms with Gasteiger partial charge in [0.1, 0.15) is 11.5 Å². The number of benzene rings is 2. The predicted molar refractivity (Wildman–Crippen MR) is 111 cm³/mol. The summed E-state index contributed by atoms with van der Waals surface area (Å²) in [5, 5.41) is 2.99. The van der Waals surface area contributed by atoms with E-state index in [1.165, 1.54) is 0 Å². The molecule has 0 unspecified atom stereocenters. The van der Waals surface area contributed by atoms with Crippen molar-refractivity contribution >= 4 is 11.8 Å². The maximum atomic E-state index is 12.8. The topological polar surface area (TPSA) is 67.9 Å². The van der Waals surface area contributed by atoms with Gasteiger partial charge in [-0.2, -0.15) is 0 Å². The lowest BCUT2D eigenvalue weighted by atomic mass is 9.96. The predicted octanol–water partition coefficient (Wildman–Crippen LogP) is 3.18. The Labute approximate surface area is 171 Å². The van der Waals surface area contributed by atoms with Crippen LogP contribution in [-0.2, 0) is 11.3 Å². The molecule has 1 aliphatic rings. The molecule has 29 heavy (non-hydrogen) atoms. The number of piperidine rings is 1. The zero-order chi connectivity index (χ0) is 20.8. The second-order valence-electron chi connectivity index (χ2n) is 7.36. The quantitative estimate of drug-likeness (QED) is 0.814. The van der Waals surface area contributed by atoms with E-state index in [0.717, 1.165) is 24.0 Å². The lowest BCUT2D eigenvalue weighted by Crippen LogP contribution is -2.45. The molecular weight excluding hydrogens is 368 g/mol. The maximum absolute atomic E-state index is 12.8. The molecule has 0 aromatic heterocycles. The minimum absolute atomic E-state index is 0.0111. The van der Waals surface area contributed by atoms with E-state index in [0.29, 0.717) is 36.7 Å². The monoisotopic (exact) mass is 396 g/mol. The third kappa shape index (κ3) is 5.08. The summed E-state index contributed by atoms with van der Waals surface area (Å²) in [6, 6.07) is 13.1. The lowest BCUT2D eigenvalue weighted by molar-refractivity contribution is -0.126. The zero-order valence-electron chi connectivity index (χ0n) is 17.2. The Kier molecular flexibility index (Phi) is 6.75. The van der Waals surface area contributed by atoms with Gasteiger partial charge in [-0.15, -0.1) is 0 Å². The lowest BCUT2D eigenvalue weighted by Gasteiger charge is -2.32. The number of ether oxygens (including phenoxy) is 2. The Morgan fingerprint density at radius 2 is 1.97 bits per heavy atom. The van der Waals surface area contributed by atoms with Crippen molar-refractivity contribution in [3.8, 4) is 11.5 Å². The van der Waals surface area contributed by atoms with Crippen LogP contribution in [-0.4, -0.2) is 44.0 Å². The number of amides is 2. The molecule has 6 nitrogen and oxygen atoms in total. The van der Waals surface area contributed by atoms with Crippen molar-refractivity contribution in [2.75, 3.05) is 27.3 Å². The van der Waals surface area contributed by atoms with E-state index in [9.17, 15) is 9.59 Å². The van der Waals surface area contributed by atoms with Crippen LogP contribution in [0.1, 0.15) is 34.3 Å². The largest absolute Gasteiger partial charge is 0.497 e. The molecule has 1 aliphatic heterocycles. The standard InChI is InChI=1S/C23H28N2O4/c1-16-6-4-7-17(12-16)23(27)25-11-5-8-19(15-25)22(26)24-14-18-9-10-20(28-2)13-21(18)29-3/h4,6-7,9-10,12-13,19H,5,8,11,14-15H2,1-3H3,(H,24,26)/t19-/m1/s1. The Morgan fingerprint density at radius 1 is 1.14 bits per heavy atom. The summed E-state index contributed by atoms with van der Waals surface area (Å²) in [7, 11) is 3.19. The van der Waals surface area contributed by atoms with Crippen LogP contribution in [0.15, 0.2) is 42.5 Å². The van der Waals surface area contributed by atoms with E-state index in [-0.39, 0.29) is 17.7 Å². The van der Waals surface area contributed by atoms with E-state index in [2.05, 4.69) is 5.32 Å². The van der Waals surface area contributed by atoms with Crippen LogP contribution < -0.4 is 14.8 Å². The first-order valence-corrected chi connectivity index (χ1v) is 9.86. The molecule has 2 amide bonds. The number of likely N-dealkylation sites (tertiary alicyclic amines) is 1. The van der Waals surface area contributed by atoms with Gasteiger partial charge in [-0.1, -0.05) is 17.7 Å². The minimum atomic E-state index is -0.207. The van der Waals surface area contributed by atoms with Crippen molar-refractivity contribution in [3.63, 3.8) is 0 Å². The van der Waals surface area contributed by atoms with Gasteiger partial charge >= 0.3 is 0 Å². The average molecular weight is 396 g/mol. The van der Waals surface area contributed by atoms with Gasteiger partial charge in [0, 0.05) is 36.8 Å². The summed E-state index contributed by atoms with van der Waals surface area (Å²) in [5.74, 6) is 1.12. The zero-order valence-corrected chi connectivity index (χ0v) is 17.2. The summed E-state index contributed by atoms with van der Waals surface area (Å²) in [5.41, 5.74) is 2.61. The van der Waals surface area contributed by atoms with Gasteiger partial charge in [-0.3, -0.25) is 9.59 Å². The van der Waals surface area contributed by atoms with Crippen molar-refractivity contribution < 1.29 is 19.1 Å². The van der Waals surface area contributed by atoms with Crippen LogP contribution >= 0.6 is 0 Å². The molecule has 1 heterocycles. The number of carbonyl (C=O) groups is 2. The highest BCUT2D eigenvalue weighted by Crippen LogP contribution is 2.25.